The third-order valence-corrected chi connectivity index (χ3v) is 3.60. The molecule has 0 spiro atoms. The first-order valence-electron chi connectivity index (χ1n) is 6.55. The summed E-state index contributed by atoms with van der Waals surface area (Å²) in [4.78, 5) is 6.59. The molecular formula is C13H23N3O. The van der Waals surface area contributed by atoms with Crippen LogP contribution < -0.4 is 0 Å². The zero-order valence-electron chi connectivity index (χ0n) is 10.8. The van der Waals surface area contributed by atoms with Gasteiger partial charge in [-0.3, -0.25) is 0 Å². The normalized spacial score (nSPS) is 21.5. The second-order valence-corrected chi connectivity index (χ2v) is 5.18. The van der Waals surface area contributed by atoms with Gasteiger partial charge >= 0.3 is 0 Å². The van der Waals surface area contributed by atoms with E-state index in [0.29, 0.717) is 5.92 Å². The number of hydrogen-bond donors (Lipinski definition) is 1. The van der Waals surface area contributed by atoms with Crippen LogP contribution in [0.1, 0.15) is 25.6 Å². The highest BCUT2D eigenvalue weighted by molar-refractivity contribution is 4.96. The number of nitrogens with zero attached hydrogens (tertiary/aromatic N) is 3. The average molecular weight is 237 g/mol. The maximum Gasteiger partial charge on any atom is 0.108 e. The van der Waals surface area contributed by atoms with E-state index in [-0.39, 0.29) is 6.10 Å². The quantitative estimate of drug-likeness (QED) is 0.835. The van der Waals surface area contributed by atoms with Crippen LogP contribution in [-0.2, 0) is 13.0 Å². The fraction of sp³-hybridized carbons (Fsp3) is 0.769. The predicted octanol–water partition coefficient (Wildman–Crippen LogP) is 1.15. The largest absolute Gasteiger partial charge is 0.392 e. The molecule has 0 aromatic carbocycles. The Labute approximate surface area is 103 Å². The molecule has 0 radical (unpaired) electrons. The van der Waals surface area contributed by atoms with Crippen LogP contribution in [0.2, 0.25) is 0 Å². The highest BCUT2D eigenvalue weighted by Crippen LogP contribution is 2.19. The molecule has 1 aliphatic rings. The molecule has 2 heterocycles. The van der Waals surface area contributed by atoms with Crippen LogP contribution in [-0.4, -0.2) is 45.8 Å². The van der Waals surface area contributed by atoms with Gasteiger partial charge < -0.3 is 14.6 Å². The first-order valence-corrected chi connectivity index (χ1v) is 6.55. The molecule has 0 saturated carbocycles. The molecule has 0 fully saturated rings. The highest BCUT2D eigenvalue weighted by Gasteiger charge is 2.20. The van der Waals surface area contributed by atoms with Crippen molar-refractivity contribution in [1.29, 1.82) is 0 Å². The minimum Gasteiger partial charge on any atom is -0.392 e. The Morgan fingerprint density at radius 1 is 1.65 bits per heavy atom. The maximum atomic E-state index is 9.63. The molecule has 0 aliphatic carbocycles. The summed E-state index contributed by atoms with van der Waals surface area (Å²) < 4.78 is 2.26. The minimum atomic E-state index is -0.188. The summed E-state index contributed by atoms with van der Waals surface area (Å²) in [5, 5.41) is 9.63. The van der Waals surface area contributed by atoms with E-state index in [4.69, 9.17) is 0 Å². The lowest BCUT2D eigenvalue weighted by Crippen LogP contribution is -2.35. The van der Waals surface area contributed by atoms with Crippen LogP contribution in [0.3, 0.4) is 0 Å². The van der Waals surface area contributed by atoms with Crippen LogP contribution in [0, 0.1) is 5.92 Å². The van der Waals surface area contributed by atoms with Gasteiger partial charge in [0.15, 0.2) is 0 Å². The second-order valence-electron chi connectivity index (χ2n) is 5.18. The van der Waals surface area contributed by atoms with E-state index < -0.39 is 0 Å². The van der Waals surface area contributed by atoms with Gasteiger partial charge in [-0.2, -0.15) is 0 Å². The number of likely N-dealkylation sites (N-methyl/N-ethyl adjacent to an activating group) is 1. The number of imidazole rings is 1. The van der Waals surface area contributed by atoms with E-state index in [2.05, 4.69) is 27.7 Å². The Hall–Kier alpha value is -0.870. The molecule has 17 heavy (non-hydrogen) atoms. The zero-order chi connectivity index (χ0) is 12.3. The van der Waals surface area contributed by atoms with Crippen LogP contribution in [0.15, 0.2) is 12.4 Å². The number of aromatic nitrogens is 2. The highest BCUT2D eigenvalue weighted by atomic mass is 16.3. The van der Waals surface area contributed by atoms with Crippen molar-refractivity contribution < 1.29 is 5.11 Å². The van der Waals surface area contributed by atoms with Crippen LogP contribution in [0.5, 0.6) is 0 Å². The standard InChI is InChI=1S/C13H23N3O/c1-3-12(17)10-15(2)8-11-4-5-13-14-6-7-16(13)9-11/h6-7,11-12,17H,3-5,8-10H2,1-2H3/t11-,12+/m0/s1. The molecule has 0 saturated heterocycles. The van der Waals surface area contributed by atoms with Gasteiger partial charge in [0.05, 0.1) is 6.10 Å². The molecule has 1 N–H and O–H groups in total. The molecular weight excluding hydrogens is 214 g/mol. The second kappa shape index (κ2) is 5.65. The number of hydrogen-bond acceptors (Lipinski definition) is 3. The maximum absolute atomic E-state index is 9.63. The predicted molar refractivity (Wildman–Crippen MR) is 67.8 cm³/mol. The molecule has 4 heteroatoms. The summed E-state index contributed by atoms with van der Waals surface area (Å²) in [6.45, 7) is 4.94. The van der Waals surface area contributed by atoms with Crippen molar-refractivity contribution in [2.24, 2.45) is 5.92 Å². The Bertz CT molecular complexity index is 350. The SMILES string of the molecule is CC[C@@H](O)CN(C)C[C@@H]1CCc2nccn2C1. The topological polar surface area (TPSA) is 41.3 Å². The first-order chi connectivity index (χ1) is 8.19. The summed E-state index contributed by atoms with van der Waals surface area (Å²) in [5.74, 6) is 1.91. The van der Waals surface area contributed by atoms with Gasteiger partial charge in [0.2, 0.25) is 0 Å². The van der Waals surface area contributed by atoms with Crippen molar-refractivity contribution in [2.45, 2.75) is 38.8 Å². The summed E-state index contributed by atoms with van der Waals surface area (Å²) in [7, 11) is 2.10. The third-order valence-electron chi connectivity index (χ3n) is 3.60. The molecule has 0 amide bonds. The van der Waals surface area contributed by atoms with Gasteiger partial charge in [0.1, 0.15) is 5.82 Å². The van der Waals surface area contributed by atoms with E-state index in [1.807, 2.05) is 13.1 Å². The number of rotatable bonds is 5. The molecule has 1 aliphatic heterocycles. The lowest BCUT2D eigenvalue weighted by atomic mass is 9.99. The number of aliphatic hydroxyl groups is 1. The van der Waals surface area contributed by atoms with E-state index in [1.54, 1.807) is 0 Å². The lowest BCUT2D eigenvalue weighted by molar-refractivity contribution is 0.109. The van der Waals surface area contributed by atoms with Crippen LogP contribution in [0.25, 0.3) is 0 Å². The molecule has 2 atom stereocenters. The number of aryl methyl sites for hydroxylation is 1. The summed E-state index contributed by atoms with van der Waals surface area (Å²) in [5.41, 5.74) is 0. The lowest BCUT2D eigenvalue weighted by Gasteiger charge is -2.29. The summed E-state index contributed by atoms with van der Waals surface area (Å²) in [6.07, 6.45) is 6.91. The summed E-state index contributed by atoms with van der Waals surface area (Å²) in [6, 6.07) is 0. The van der Waals surface area contributed by atoms with E-state index in [0.717, 1.165) is 32.5 Å². The van der Waals surface area contributed by atoms with Crippen LogP contribution in [0.4, 0.5) is 0 Å². The fourth-order valence-corrected chi connectivity index (χ4v) is 2.59. The molecule has 1 aromatic heterocycles. The van der Waals surface area contributed by atoms with Gasteiger partial charge in [-0.05, 0) is 25.8 Å². The zero-order valence-corrected chi connectivity index (χ0v) is 10.8. The molecule has 0 bridgehead atoms. The Morgan fingerprint density at radius 2 is 2.47 bits per heavy atom. The number of fused-ring (bicyclic) bond motifs is 1. The Morgan fingerprint density at radius 3 is 3.24 bits per heavy atom. The monoisotopic (exact) mass is 237 g/mol. The molecule has 96 valence electrons. The minimum absolute atomic E-state index is 0.188. The van der Waals surface area contributed by atoms with Crippen molar-refractivity contribution in [3.63, 3.8) is 0 Å². The van der Waals surface area contributed by atoms with Gasteiger partial charge in [-0.25, -0.2) is 4.98 Å². The average Bonchev–Trinajstić information content (AvgIpc) is 2.75. The third kappa shape index (κ3) is 3.30. The van der Waals surface area contributed by atoms with Crippen molar-refractivity contribution in [3.05, 3.63) is 18.2 Å². The van der Waals surface area contributed by atoms with Crippen molar-refractivity contribution in [2.75, 3.05) is 20.1 Å². The van der Waals surface area contributed by atoms with Gasteiger partial charge in [0.25, 0.3) is 0 Å². The van der Waals surface area contributed by atoms with Gasteiger partial charge in [0, 0.05) is 38.4 Å². The Balaban J connectivity index is 1.81. The fourth-order valence-electron chi connectivity index (χ4n) is 2.59. The van der Waals surface area contributed by atoms with Crippen LogP contribution >= 0.6 is 0 Å². The summed E-state index contributed by atoms with van der Waals surface area (Å²) >= 11 is 0. The van der Waals surface area contributed by atoms with E-state index in [9.17, 15) is 5.11 Å². The van der Waals surface area contributed by atoms with Crippen molar-refractivity contribution in [1.82, 2.24) is 14.5 Å². The van der Waals surface area contributed by atoms with Crippen molar-refractivity contribution >= 4 is 0 Å². The Kier molecular flexibility index (Phi) is 4.18. The smallest absolute Gasteiger partial charge is 0.108 e. The molecule has 0 unspecified atom stereocenters. The van der Waals surface area contributed by atoms with E-state index >= 15 is 0 Å². The number of aliphatic hydroxyl groups excluding tert-OH is 1. The molecule has 1 aromatic rings. The van der Waals surface area contributed by atoms with Crippen molar-refractivity contribution in [3.8, 4) is 0 Å². The van der Waals surface area contributed by atoms with Gasteiger partial charge in [-0.15, -0.1) is 0 Å². The first kappa shape index (κ1) is 12.6. The molecule has 4 nitrogen and oxygen atoms in total. The van der Waals surface area contributed by atoms with E-state index in [1.165, 1.54) is 12.2 Å². The van der Waals surface area contributed by atoms with Gasteiger partial charge in [-0.1, -0.05) is 6.92 Å². The molecule has 2 rings (SSSR count).